The Morgan fingerprint density at radius 3 is 2.74 bits per heavy atom. The molecule has 0 spiro atoms. The lowest BCUT2D eigenvalue weighted by molar-refractivity contribution is -0.385. The van der Waals surface area contributed by atoms with Gasteiger partial charge in [-0.05, 0) is 18.2 Å². The number of fused-ring (bicyclic) bond motifs is 4. The van der Waals surface area contributed by atoms with Gasteiger partial charge in [0.05, 0.1) is 27.6 Å². The Kier molecular flexibility index (Phi) is 3.20. The summed E-state index contributed by atoms with van der Waals surface area (Å²) < 4.78 is 12.9. The van der Waals surface area contributed by atoms with Crippen LogP contribution in [0.5, 0.6) is 11.5 Å². The van der Waals surface area contributed by atoms with Crippen LogP contribution in [0.3, 0.4) is 0 Å². The highest BCUT2D eigenvalue weighted by Crippen LogP contribution is 2.42. The summed E-state index contributed by atoms with van der Waals surface area (Å²) in [6, 6.07) is 10.4. The minimum Gasteiger partial charge on any atom is -0.486 e. The summed E-state index contributed by atoms with van der Waals surface area (Å²) in [4.78, 5) is 20.2. The number of nitrogens with zero attached hydrogens (tertiary/aromatic N) is 4. The number of nitro benzene ring substituents is 1. The Labute approximate surface area is 152 Å². The number of hydrogen-bond acceptors (Lipinski definition) is 8. The van der Waals surface area contributed by atoms with Crippen LogP contribution in [0.15, 0.2) is 41.4 Å². The molecule has 10 nitrogen and oxygen atoms in total. The second kappa shape index (κ2) is 5.59. The average Bonchev–Trinajstić information content (AvgIpc) is 3.04. The SMILES string of the molecule is NC1=N[C@H](c2cc3c(cc2[N+](=O)[O-])OCCO3)n2c(nc3ccccc32)N1. The summed E-state index contributed by atoms with van der Waals surface area (Å²) in [7, 11) is 0. The Bertz CT molecular complexity index is 1120. The number of nitrogens with two attached hydrogens (primary N) is 1. The van der Waals surface area contributed by atoms with Gasteiger partial charge in [-0.25, -0.2) is 9.98 Å². The van der Waals surface area contributed by atoms with Gasteiger partial charge in [-0.2, -0.15) is 0 Å². The number of hydrogen-bond donors (Lipinski definition) is 2. The smallest absolute Gasteiger partial charge is 0.280 e. The summed E-state index contributed by atoms with van der Waals surface area (Å²) >= 11 is 0. The van der Waals surface area contributed by atoms with Gasteiger partial charge in [0.1, 0.15) is 13.2 Å². The summed E-state index contributed by atoms with van der Waals surface area (Å²) in [6.07, 6.45) is -0.759. The van der Waals surface area contributed by atoms with Gasteiger partial charge in [-0.3, -0.25) is 20.0 Å². The summed E-state index contributed by atoms with van der Waals surface area (Å²) in [5.74, 6) is 1.39. The molecule has 2 aliphatic heterocycles. The lowest BCUT2D eigenvalue weighted by atomic mass is 10.1. The number of guanidine groups is 1. The second-order valence-electron chi connectivity index (χ2n) is 6.12. The van der Waals surface area contributed by atoms with Crippen molar-refractivity contribution in [3.05, 3.63) is 52.1 Å². The second-order valence-corrected chi connectivity index (χ2v) is 6.12. The van der Waals surface area contributed by atoms with E-state index < -0.39 is 11.1 Å². The van der Waals surface area contributed by atoms with Crippen molar-refractivity contribution in [2.75, 3.05) is 18.5 Å². The maximum Gasteiger partial charge on any atom is 0.280 e. The molecule has 1 aromatic heterocycles. The first-order valence-electron chi connectivity index (χ1n) is 8.27. The van der Waals surface area contributed by atoms with E-state index in [2.05, 4.69) is 15.3 Å². The number of nitro groups is 1. The van der Waals surface area contributed by atoms with Crippen molar-refractivity contribution in [3.8, 4) is 11.5 Å². The van der Waals surface area contributed by atoms with Crippen LogP contribution in [0.4, 0.5) is 11.6 Å². The highest BCUT2D eigenvalue weighted by atomic mass is 16.6. The normalized spacial score (nSPS) is 17.8. The minimum atomic E-state index is -0.759. The predicted octanol–water partition coefficient (Wildman–Crippen LogP) is 2.00. The van der Waals surface area contributed by atoms with Gasteiger partial charge >= 0.3 is 0 Å². The van der Waals surface area contributed by atoms with Crippen molar-refractivity contribution in [2.24, 2.45) is 10.7 Å². The zero-order valence-corrected chi connectivity index (χ0v) is 14.0. The first kappa shape index (κ1) is 15.4. The molecule has 0 aliphatic carbocycles. The molecule has 5 rings (SSSR count). The third kappa shape index (κ3) is 2.34. The predicted molar refractivity (Wildman–Crippen MR) is 97.2 cm³/mol. The van der Waals surface area contributed by atoms with Crippen LogP contribution < -0.4 is 20.5 Å². The zero-order valence-electron chi connectivity index (χ0n) is 14.0. The molecular weight excluding hydrogens is 352 g/mol. The third-order valence-corrected chi connectivity index (χ3v) is 4.51. The van der Waals surface area contributed by atoms with Crippen molar-refractivity contribution >= 4 is 28.6 Å². The van der Waals surface area contributed by atoms with E-state index in [4.69, 9.17) is 15.2 Å². The summed E-state index contributed by atoms with van der Waals surface area (Å²) in [5.41, 5.74) is 7.66. The van der Waals surface area contributed by atoms with Crippen molar-refractivity contribution in [1.82, 2.24) is 9.55 Å². The quantitative estimate of drug-likeness (QED) is 0.524. The van der Waals surface area contributed by atoms with Crippen molar-refractivity contribution < 1.29 is 14.4 Å². The zero-order chi connectivity index (χ0) is 18.5. The van der Waals surface area contributed by atoms with E-state index in [1.54, 1.807) is 10.6 Å². The Hall–Kier alpha value is -3.82. The lowest BCUT2D eigenvalue weighted by Gasteiger charge is -2.25. The Morgan fingerprint density at radius 2 is 1.96 bits per heavy atom. The highest BCUT2D eigenvalue weighted by molar-refractivity contribution is 5.94. The first-order valence-corrected chi connectivity index (χ1v) is 8.27. The van der Waals surface area contributed by atoms with E-state index in [0.29, 0.717) is 36.2 Å². The number of aromatic nitrogens is 2. The maximum absolute atomic E-state index is 11.7. The first-order chi connectivity index (χ1) is 13.1. The molecule has 2 aliphatic rings. The molecule has 0 radical (unpaired) electrons. The molecule has 136 valence electrons. The number of rotatable bonds is 2. The topological polar surface area (TPSA) is 130 Å². The third-order valence-electron chi connectivity index (χ3n) is 4.51. The molecule has 27 heavy (non-hydrogen) atoms. The molecule has 0 bridgehead atoms. The van der Waals surface area contributed by atoms with Crippen molar-refractivity contribution in [1.29, 1.82) is 0 Å². The molecule has 10 heteroatoms. The van der Waals surface area contributed by atoms with Crippen LogP contribution in [0.2, 0.25) is 0 Å². The molecule has 0 fully saturated rings. The fourth-order valence-electron chi connectivity index (χ4n) is 3.38. The number of para-hydroxylation sites is 2. The van der Waals surface area contributed by atoms with E-state index >= 15 is 0 Å². The van der Waals surface area contributed by atoms with Crippen LogP contribution in [0.25, 0.3) is 11.0 Å². The minimum absolute atomic E-state index is 0.119. The van der Waals surface area contributed by atoms with Gasteiger partial charge < -0.3 is 15.2 Å². The number of imidazole rings is 1. The standard InChI is InChI=1S/C17H14N6O4/c18-16-20-15(22-11-4-2-1-3-10(11)19-17(22)21-16)9-7-13-14(27-6-5-26-13)8-12(9)23(24)25/h1-4,7-8,15H,5-6H2,(H3,18,19,20,21)/t15-/m0/s1. The van der Waals surface area contributed by atoms with Crippen LogP contribution >= 0.6 is 0 Å². The van der Waals surface area contributed by atoms with Crippen LogP contribution in [-0.2, 0) is 0 Å². The van der Waals surface area contributed by atoms with Gasteiger partial charge in [0, 0.05) is 0 Å². The van der Waals surface area contributed by atoms with Crippen LogP contribution in [0.1, 0.15) is 11.7 Å². The van der Waals surface area contributed by atoms with E-state index in [1.807, 2.05) is 24.3 Å². The van der Waals surface area contributed by atoms with Crippen molar-refractivity contribution in [3.63, 3.8) is 0 Å². The van der Waals surface area contributed by atoms with Gasteiger partial charge in [0.2, 0.25) is 5.95 Å². The molecule has 0 saturated heterocycles. The van der Waals surface area contributed by atoms with Gasteiger partial charge in [0.25, 0.3) is 5.69 Å². The van der Waals surface area contributed by atoms with E-state index in [0.717, 1.165) is 11.0 Å². The number of benzene rings is 2. The van der Waals surface area contributed by atoms with E-state index in [1.165, 1.54) is 6.07 Å². The number of nitrogens with one attached hydrogen (secondary N) is 1. The lowest BCUT2D eigenvalue weighted by Crippen LogP contribution is -2.31. The van der Waals surface area contributed by atoms with Gasteiger partial charge in [0.15, 0.2) is 23.6 Å². The largest absolute Gasteiger partial charge is 0.486 e. The molecule has 2 aromatic carbocycles. The molecule has 3 heterocycles. The Morgan fingerprint density at radius 1 is 1.22 bits per heavy atom. The molecule has 0 unspecified atom stereocenters. The molecule has 3 aromatic rings. The highest BCUT2D eigenvalue weighted by Gasteiger charge is 2.32. The molecule has 0 amide bonds. The fraction of sp³-hybridized carbons (Fsp3) is 0.176. The van der Waals surface area contributed by atoms with E-state index in [9.17, 15) is 10.1 Å². The maximum atomic E-state index is 11.7. The van der Waals surface area contributed by atoms with E-state index in [-0.39, 0.29) is 11.6 Å². The molecule has 0 saturated carbocycles. The fourth-order valence-corrected chi connectivity index (χ4v) is 3.38. The Balaban J connectivity index is 1.77. The monoisotopic (exact) mass is 366 g/mol. The molecule has 3 N–H and O–H groups in total. The van der Waals surface area contributed by atoms with Crippen LogP contribution in [0, 0.1) is 10.1 Å². The number of aliphatic imine (C=N–C) groups is 1. The summed E-state index contributed by atoms with van der Waals surface area (Å²) in [5, 5.41) is 14.6. The van der Waals surface area contributed by atoms with Gasteiger partial charge in [-0.1, -0.05) is 12.1 Å². The number of anilines is 1. The molecule has 1 atom stereocenters. The van der Waals surface area contributed by atoms with Crippen LogP contribution in [-0.4, -0.2) is 33.6 Å². The molecular formula is C17H14N6O4. The van der Waals surface area contributed by atoms with Gasteiger partial charge in [-0.15, -0.1) is 0 Å². The number of ether oxygens (including phenoxy) is 2. The summed E-state index contributed by atoms with van der Waals surface area (Å²) in [6.45, 7) is 0.722. The average molecular weight is 366 g/mol. The van der Waals surface area contributed by atoms with Crippen molar-refractivity contribution in [2.45, 2.75) is 6.17 Å².